The van der Waals surface area contributed by atoms with E-state index in [-0.39, 0.29) is 4.90 Å². The smallest absolute Gasteiger partial charge is 0.262 e. The Morgan fingerprint density at radius 1 is 1.39 bits per heavy atom. The first-order chi connectivity index (χ1) is 8.55. The van der Waals surface area contributed by atoms with Crippen LogP contribution in [0.3, 0.4) is 0 Å². The Morgan fingerprint density at radius 3 is 2.67 bits per heavy atom. The molecule has 0 saturated carbocycles. The minimum atomic E-state index is -3.72. The molecule has 0 aliphatic carbocycles. The van der Waals surface area contributed by atoms with E-state index in [2.05, 4.69) is 4.98 Å². The van der Waals surface area contributed by atoms with E-state index in [0.29, 0.717) is 18.4 Å². The van der Waals surface area contributed by atoms with Gasteiger partial charge in [-0.1, -0.05) is 0 Å². The lowest BCUT2D eigenvalue weighted by atomic mass is 10.0. The Labute approximate surface area is 110 Å². The first-order valence-electron chi connectivity index (χ1n) is 5.67. The molecule has 0 radical (unpaired) electrons. The number of hydrogen-bond donors (Lipinski definition) is 0. The Balaban J connectivity index is 1.90. The Bertz CT molecular complexity index is 482. The largest absolute Gasteiger partial charge is 0.477 e. The van der Waals surface area contributed by atoms with E-state index in [1.54, 1.807) is 0 Å². The molecule has 1 aromatic heterocycles. The lowest BCUT2D eigenvalue weighted by molar-refractivity contribution is 0.0490. The maximum atomic E-state index is 11.0. The van der Waals surface area contributed by atoms with Crippen LogP contribution in [0.5, 0.6) is 5.88 Å². The van der Waals surface area contributed by atoms with Gasteiger partial charge in [0, 0.05) is 30.0 Å². The fraction of sp³-hybridized carbons (Fsp3) is 0.545. The van der Waals surface area contributed by atoms with Crippen LogP contribution in [-0.4, -0.2) is 33.2 Å². The molecular formula is C11H14ClNO4S. The average molecular weight is 292 g/mol. The van der Waals surface area contributed by atoms with Gasteiger partial charge in [0.15, 0.2) is 0 Å². The van der Waals surface area contributed by atoms with Gasteiger partial charge >= 0.3 is 0 Å². The first-order valence-corrected chi connectivity index (χ1v) is 7.98. The summed E-state index contributed by atoms with van der Waals surface area (Å²) in [7, 11) is 1.47. The van der Waals surface area contributed by atoms with Gasteiger partial charge in [-0.2, -0.15) is 0 Å². The summed E-state index contributed by atoms with van der Waals surface area (Å²) in [5.74, 6) is 0.877. The Hall–Kier alpha value is -0.850. The van der Waals surface area contributed by atoms with E-state index in [1.165, 1.54) is 18.3 Å². The molecule has 0 atom stereocenters. The van der Waals surface area contributed by atoms with Crippen LogP contribution in [0.1, 0.15) is 12.8 Å². The normalized spacial score (nSPS) is 17.6. The molecule has 1 aliphatic rings. The summed E-state index contributed by atoms with van der Waals surface area (Å²) in [4.78, 5) is 3.89. The van der Waals surface area contributed by atoms with Crippen LogP contribution >= 0.6 is 10.7 Å². The lowest BCUT2D eigenvalue weighted by Gasteiger charge is -2.21. The number of nitrogens with zero attached hydrogens (tertiary/aromatic N) is 1. The van der Waals surface area contributed by atoms with Gasteiger partial charge in [-0.15, -0.1) is 0 Å². The highest BCUT2D eigenvalue weighted by Gasteiger charge is 2.15. The fourth-order valence-electron chi connectivity index (χ4n) is 1.71. The number of ether oxygens (including phenoxy) is 2. The van der Waals surface area contributed by atoms with Gasteiger partial charge in [-0.05, 0) is 24.8 Å². The first kappa shape index (κ1) is 13.6. The summed E-state index contributed by atoms with van der Waals surface area (Å²) in [5, 5.41) is 0. The molecule has 5 nitrogen and oxygen atoms in total. The number of rotatable bonds is 4. The van der Waals surface area contributed by atoms with Crippen molar-refractivity contribution in [1.82, 2.24) is 4.98 Å². The van der Waals surface area contributed by atoms with Crippen LogP contribution in [0.25, 0.3) is 0 Å². The standard InChI is InChI=1S/C11H14ClNO4S/c12-18(14,15)10-1-2-11(13-7-10)17-8-9-3-5-16-6-4-9/h1-2,7,9H,3-6,8H2. The Morgan fingerprint density at radius 2 is 2.11 bits per heavy atom. The zero-order valence-electron chi connectivity index (χ0n) is 9.71. The topological polar surface area (TPSA) is 65.5 Å². The summed E-state index contributed by atoms with van der Waals surface area (Å²) >= 11 is 0. The molecule has 18 heavy (non-hydrogen) atoms. The van der Waals surface area contributed by atoms with Crippen molar-refractivity contribution < 1.29 is 17.9 Å². The third-order valence-corrected chi connectivity index (χ3v) is 4.14. The van der Waals surface area contributed by atoms with E-state index >= 15 is 0 Å². The van der Waals surface area contributed by atoms with Crippen LogP contribution < -0.4 is 4.74 Å². The van der Waals surface area contributed by atoms with Gasteiger partial charge < -0.3 is 9.47 Å². The van der Waals surface area contributed by atoms with E-state index in [9.17, 15) is 8.42 Å². The van der Waals surface area contributed by atoms with E-state index in [4.69, 9.17) is 20.2 Å². The molecule has 1 fully saturated rings. The van der Waals surface area contributed by atoms with Crippen molar-refractivity contribution >= 4 is 19.7 Å². The number of hydrogen-bond acceptors (Lipinski definition) is 5. The number of aromatic nitrogens is 1. The predicted octanol–water partition coefficient (Wildman–Crippen LogP) is 1.81. The summed E-state index contributed by atoms with van der Waals surface area (Å²) in [6, 6.07) is 2.89. The molecule has 2 rings (SSSR count). The van der Waals surface area contributed by atoms with Gasteiger partial charge in [0.05, 0.1) is 12.8 Å². The minimum Gasteiger partial charge on any atom is -0.477 e. The molecule has 0 aromatic carbocycles. The van der Waals surface area contributed by atoms with Crippen molar-refractivity contribution in [3.63, 3.8) is 0 Å². The van der Waals surface area contributed by atoms with Crippen molar-refractivity contribution in [2.75, 3.05) is 19.8 Å². The van der Waals surface area contributed by atoms with Gasteiger partial charge in [-0.3, -0.25) is 0 Å². The fourth-order valence-corrected chi connectivity index (χ4v) is 2.40. The second-order valence-corrected chi connectivity index (χ2v) is 6.70. The quantitative estimate of drug-likeness (QED) is 0.792. The van der Waals surface area contributed by atoms with Gasteiger partial charge in [0.1, 0.15) is 4.90 Å². The molecule has 0 unspecified atom stereocenters. The molecule has 0 N–H and O–H groups in total. The molecule has 0 spiro atoms. The maximum Gasteiger partial charge on any atom is 0.262 e. The second-order valence-electron chi connectivity index (χ2n) is 4.14. The molecule has 0 bridgehead atoms. The van der Waals surface area contributed by atoms with Crippen LogP contribution in [0, 0.1) is 5.92 Å². The van der Waals surface area contributed by atoms with Crippen LogP contribution in [-0.2, 0) is 13.8 Å². The van der Waals surface area contributed by atoms with Crippen molar-refractivity contribution in [1.29, 1.82) is 0 Å². The monoisotopic (exact) mass is 291 g/mol. The zero-order chi connectivity index (χ0) is 13.0. The number of pyridine rings is 1. The third-order valence-electron chi connectivity index (χ3n) is 2.80. The summed E-state index contributed by atoms with van der Waals surface area (Å²) < 4.78 is 32.8. The molecule has 1 saturated heterocycles. The Kier molecular flexibility index (Phi) is 4.42. The van der Waals surface area contributed by atoms with Gasteiger partial charge in [0.25, 0.3) is 9.05 Å². The zero-order valence-corrected chi connectivity index (χ0v) is 11.3. The van der Waals surface area contributed by atoms with Crippen molar-refractivity contribution in [3.8, 4) is 5.88 Å². The SMILES string of the molecule is O=S(=O)(Cl)c1ccc(OCC2CCOCC2)nc1. The van der Waals surface area contributed by atoms with Crippen molar-refractivity contribution in [2.45, 2.75) is 17.7 Å². The molecule has 0 amide bonds. The summed E-state index contributed by atoms with van der Waals surface area (Å²) in [6.07, 6.45) is 3.16. The van der Waals surface area contributed by atoms with Crippen LogP contribution in [0.4, 0.5) is 0 Å². The molecule has 1 aromatic rings. The highest BCUT2D eigenvalue weighted by molar-refractivity contribution is 8.13. The summed E-state index contributed by atoms with van der Waals surface area (Å²) in [6.45, 7) is 2.11. The van der Waals surface area contributed by atoms with Crippen molar-refractivity contribution in [3.05, 3.63) is 18.3 Å². The third kappa shape index (κ3) is 3.83. The minimum absolute atomic E-state index is 0.0254. The molecule has 1 aliphatic heterocycles. The van der Waals surface area contributed by atoms with Gasteiger partial charge in [0.2, 0.25) is 5.88 Å². The second kappa shape index (κ2) is 5.86. The van der Waals surface area contributed by atoms with Gasteiger partial charge in [-0.25, -0.2) is 13.4 Å². The van der Waals surface area contributed by atoms with Crippen LogP contribution in [0.2, 0.25) is 0 Å². The average Bonchev–Trinajstić information content (AvgIpc) is 2.37. The van der Waals surface area contributed by atoms with Crippen molar-refractivity contribution in [2.24, 2.45) is 5.92 Å². The predicted molar refractivity (Wildman–Crippen MR) is 66.3 cm³/mol. The highest BCUT2D eigenvalue weighted by Crippen LogP contribution is 2.19. The maximum absolute atomic E-state index is 11.0. The van der Waals surface area contributed by atoms with E-state index in [1.807, 2.05) is 0 Å². The van der Waals surface area contributed by atoms with E-state index in [0.717, 1.165) is 26.1 Å². The highest BCUT2D eigenvalue weighted by atomic mass is 35.7. The summed E-state index contributed by atoms with van der Waals surface area (Å²) in [5.41, 5.74) is 0. The molecule has 7 heteroatoms. The van der Waals surface area contributed by atoms with Crippen LogP contribution in [0.15, 0.2) is 23.2 Å². The molecule has 2 heterocycles. The number of halogens is 1. The molecular weight excluding hydrogens is 278 g/mol. The lowest BCUT2D eigenvalue weighted by Crippen LogP contribution is -2.21. The van der Waals surface area contributed by atoms with E-state index < -0.39 is 9.05 Å². The molecule has 100 valence electrons.